The van der Waals surface area contributed by atoms with Crippen LogP contribution in [0, 0.1) is 0 Å². The van der Waals surface area contributed by atoms with Crippen LogP contribution in [0.1, 0.15) is 12.8 Å². The quantitative estimate of drug-likeness (QED) is 0.901. The van der Waals surface area contributed by atoms with Crippen LogP contribution in [0.15, 0.2) is 22.7 Å². The standard InChI is InChI=1S/C11H13BrClNO2S/c12-10-4-3-8(13)6-11(10)14-9-2-1-5-17(15,16)7-9/h3-4,6,9,14H,1-2,5,7H2. The molecular formula is C11H13BrClNO2S. The first-order chi connectivity index (χ1) is 7.96. The van der Waals surface area contributed by atoms with Gasteiger partial charge in [0.25, 0.3) is 0 Å². The number of hydrogen-bond donors (Lipinski definition) is 1. The van der Waals surface area contributed by atoms with Crippen molar-refractivity contribution in [2.24, 2.45) is 0 Å². The molecule has 1 N–H and O–H groups in total. The van der Waals surface area contributed by atoms with Gasteiger partial charge < -0.3 is 5.32 Å². The predicted octanol–water partition coefficient (Wildman–Crippen LogP) is 3.09. The van der Waals surface area contributed by atoms with E-state index in [-0.39, 0.29) is 11.8 Å². The topological polar surface area (TPSA) is 46.2 Å². The maximum Gasteiger partial charge on any atom is 0.152 e. The van der Waals surface area contributed by atoms with Crippen molar-refractivity contribution in [3.05, 3.63) is 27.7 Å². The molecule has 0 aromatic heterocycles. The fourth-order valence-corrected chi connectivity index (χ4v) is 4.13. The first-order valence-corrected chi connectivity index (χ1v) is 8.37. The van der Waals surface area contributed by atoms with Gasteiger partial charge in [0, 0.05) is 15.5 Å². The Morgan fingerprint density at radius 1 is 1.41 bits per heavy atom. The van der Waals surface area contributed by atoms with E-state index in [0.717, 1.165) is 23.0 Å². The molecule has 94 valence electrons. The number of halogens is 2. The van der Waals surface area contributed by atoms with Gasteiger partial charge in [-0.3, -0.25) is 0 Å². The lowest BCUT2D eigenvalue weighted by atomic mass is 10.1. The number of rotatable bonds is 2. The van der Waals surface area contributed by atoms with Gasteiger partial charge in [0.05, 0.1) is 17.2 Å². The number of benzene rings is 1. The third-order valence-electron chi connectivity index (χ3n) is 2.75. The van der Waals surface area contributed by atoms with Crippen molar-refractivity contribution < 1.29 is 8.42 Å². The molecule has 0 spiro atoms. The molecule has 0 radical (unpaired) electrons. The Morgan fingerprint density at radius 2 is 2.18 bits per heavy atom. The molecule has 1 aliphatic heterocycles. The zero-order valence-electron chi connectivity index (χ0n) is 9.12. The zero-order valence-corrected chi connectivity index (χ0v) is 12.3. The predicted molar refractivity (Wildman–Crippen MR) is 74.5 cm³/mol. The Hall–Kier alpha value is -0.260. The van der Waals surface area contributed by atoms with Crippen LogP contribution in [-0.4, -0.2) is 26.0 Å². The van der Waals surface area contributed by atoms with Gasteiger partial charge in [-0.1, -0.05) is 11.6 Å². The molecule has 1 aromatic carbocycles. The first kappa shape index (κ1) is 13.2. The summed E-state index contributed by atoms with van der Waals surface area (Å²) >= 11 is 9.33. The Labute approximate surface area is 115 Å². The van der Waals surface area contributed by atoms with Crippen LogP contribution < -0.4 is 5.32 Å². The summed E-state index contributed by atoms with van der Waals surface area (Å²) in [5.41, 5.74) is 0.847. The highest BCUT2D eigenvalue weighted by atomic mass is 79.9. The van der Waals surface area contributed by atoms with Crippen LogP contribution in [0.25, 0.3) is 0 Å². The van der Waals surface area contributed by atoms with E-state index in [4.69, 9.17) is 11.6 Å². The second-order valence-corrected chi connectivity index (χ2v) is 7.74. The second-order valence-electron chi connectivity index (χ2n) is 4.22. The molecule has 1 fully saturated rings. The minimum atomic E-state index is -2.89. The van der Waals surface area contributed by atoms with Gasteiger partial charge in [-0.25, -0.2) is 8.42 Å². The van der Waals surface area contributed by atoms with Crippen LogP contribution in [0.3, 0.4) is 0 Å². The van der Waals surface area contributed by atoms with Crippen molar-refractivity contribution >= 4 is 43.1 Å². The van der Waals surface area contributed by atoms with E-state index in [0.29, 0.717) is 10.8 Å². The van der Waals surface area contributed by atoms with Crippen molar-refractivity contribution in [1.82, 2.24) is 0 Å². The highest BCUT2D eigenvalue weighted by Gasteiger charge is 2.24. The molecule has 1 atom stereocenters. The van der Waals surface area contributed by atoms with Crippen molar-refractivity contribution in [2.45, 2.75) is 18.9 Å². The largest absolute Gasteiger partial charge is 0.380 e. The summed E-state index contributed by atoms with van der Waals surface area (Å²) in [7, 11) is -2.89. The third-order valence-corrected chi connectivity index (χ3v) is 5.50. The molecular weight excluding hydrogens is 326 g/mol. The lowest BCUT2D eigenvalue weighted by Crippen LogP contribution is -2.34. The molecule has 1 aromatic rings. The summed E-state index contributed by atoms with van der Waals surface area (Å²) in [6.45, 7) is 0. The molecule has 1 unspecified atom stereocenters. The normalized spacial score (nSPS) is 23.3. The lowest BCUT2D eigenvalue weighted by Gasteiger charge is -2.24. The van der Waals surface area contributed by atoms with E-state index >= 15 is 0 Å². The van der Waals surface area contributed by atoms with Crippen molar-refractivity contribution in [2.75, 3.05) is 16.8 Å². The number of nitrogens with one attached hydrogen (secondary N) is 1. The number of sulfone groups is 1. The van der Waals surface area contributed by atoms with E-state index in [9.17, 15) is 8.42 Å². The van der Waals surface area contributed by atoms with E-state index in [1.807, 2.05) is 6.07 Å². The maximum atomic E-state index is 11.5. The Kier molecular flexibility index (Phi) is 4.00. The molecule has 17 heavy (non-hydrogen) atoms. The summed E-state index contributed by atoms with van der Waals surface area (Å²) in [6.07, 6.45) is 1.59. The molecule has 0 amide bonds. The van der Waals surface area contributed by atoms with Crippen LogP contribution in [0.2, 0.25) is 5.02 Å². The Morgan fingerprint density at radius 3 is 2.88 bits per heavy atom. The fourth-order valence-electron chi connectivity index (χ4n) is 1.96. The van der Waals surface area contributed by atoms with E-state index in [1.165, 1.54) is 0 Å². The molecule has 2 rings (SSSR count). The van der Waals surface area contributed by atoms with Crippen molar-refractivity contribution in [3.8, 4) is 0 Å². The SMILES string of the molecule is O=S1(=O)CCCC(Nc2cc(Cl)ccc2Br)C1. The fraction of sp³-hybridized carbons (Fsp3) is 0.455. The van der Waals surface area contributed by atoms with Gasteiger partial charge in [0.15, 0.2) is 9.84 Å². The molecule has 1 aliphatic rings. The van der Waals surface area contributed by atoms with E-state index < -0.39 is 9.84 Å². The third kappa shape index (κ3) is 3.60. The highest BCUT2D eigenvalue weighted by Crippen LogP contribution is 2.28. The van der Waals surface area contributed by atoms with E-state index in [2.05, 4.69) is 21.2 Å². The van der Waals surface area contributed by atoms with Gasteiger partial charge in [0.1, 0.15) is 0 Å². The minimum Gasteiger partial charge on any atom is -0.380 e. The molecule has 1 saturated heterocycles. The summed E-state index contributed by atoms with van der Waals surface area (Å²) in [5.74, 6) is 0.508. The van der Waals surface area contributed by atoms with Gasteiger partial charge >= 0.3 is 0 Å². The minimum absolute atomic E-state index is 0.0245. The Bertz CT molecular complexity index is 518. The molecule has 1 heterocycles. The zero-order chi connectivity index (χ0) is 12.5. The average Bonchev–Trinajstić information content (AvgIpc) is 2.22. The molecule has 3 nitrogen and oxygen atoms in total. The second kappa shape index (κ2) is 5.16. The molecule has 0 aliphatic carbocycles. The highest BCUT2D eigenvalue weighted by molar-refractivity contribution is 9.10. The smallest absolute Gasteiger partial charge is 0.152 e. The molecule has 0 bridgehead atoms. The van der Waals surface area contributed by atoms with Crippen LogP contribution in [0.5, 0.6) is 0 Å². The van der Waals surface area contributed by atoms with Crippen LogP contribution in [0.4, 0.5) is 5.69 Å². The van der Waals surface area contributed by atoms with Crippen LogP contribution >= 0.6 is 27.5 Å². The van der Waals surface area contributed by atoms with Crippen LogP contribution in [-0.2, 0) is 9.84 Å². The van der Waals surface area contributed by atoms with Crippen molar-refractivity contribution in [3.63, 3.8) is 0 Å². The number of hydrogen-bond acceptors (Lipinski definition) is 3. The summed E-state index contributed by atoms with van der Waals surface area (Å²) in [4.78, 5) is 0. The summed E-state index contributed by atoms with van der Waals surface area (Å²) < 4.78 is 23.9. The summed E-state index contributed by atoms with van der Waals surface area (Å²) in [5, 5.41) is 3.87. The summed E-state index contributed by atoms with van der Waals surface area (Å²) in [6, 6.07) is 5.41. The van der Waals surface area contributed by atoms with Gasteiger partial charge in [-0.15, -0.1) is 0 Å². The first-order valence-electron chi connectivity index (χ1n) is 5.38. The monoisotopic (exact) mass is 337 g/mol. The number of anilines is 1. The molecule has 6 heteroatoms. The lowest BCUT2D eigenvalue weighted by molar-refractivity contribution is 0.562. The van der Waals surface area contributed by atoms with Crippen molar-refractivity contribution in [1.29, 1.82) is 0 Å². The Balaban J connectivity index is 2.13. The molecule has 0 saturated carbocycles. The van der Waals surface area contributed by atoms with E-state index in [1.54, 1.807) is 12.1 Å². The average molecular weight is 339 g/mol. The van der Waals surface area contributed by atoms with Gasteiger partial charge in [0.2, 0.25) is 0 Å². The van der Waals surface area contributed by atoms with Gasteiger partial charge in [-0.2, -0.15) is 0 Å². The maximum absolute atomic E-state index is 11.5. The van der Waals surface area contributed by atoms with Gasteiger partial charge in [-0.05, 0) is 47.0 Å².